The number of nitrogens with one attached hydrogen (secondary N) is 1. The summed E-state index contributed by atoms with van der Waals surface area (Å²) in [7, 11) is 0. The van der Waals surface area contributed by atoms with Gasteiger partial charge >= 0.3 is 0 Å². The van der Waals surface area contributed by atoms with E-state index in [0.717, 1.165) is 5.56 Å². The second-order valence-corrected chi connectivity index (χ2v) is 4.41. The Labute approximate surface area is 96.8 Å². The Bertz CT molecular complexity index is 351. The van der Waals surface area contributed by atoms with Gasteiger partial charge in [-0.15, -0.1) is 11.3 Å². The predicted octanol–water partition coefficient (Wildman–Crippen LogP) is 1.75. The smallest absolute Gasteiger partial charge is 0.286 e. The fourth-order valence-electron chi connectivity index (χ4n) is 0.857. The Morgan fingerprint density at radius 1 is 1.80 bits per heavy atom. The van der Waals surface area contributed by atoms with E-state index >= 15 is 0 Å². The van der Waals surface area contributed by atoms with Crippen molar-refractivity contribution in [1.29, 1.82) is 0 Å². The van der Waals surface area contributed by atoms with E-state index in [4.69, 9.17) is 21.5 Å². The number of hydrogen-bond donors (Lipinski definition) is 2. The zero-order valence-corrected chi connectivity index (χ0v) is 9.98. The van der Waals surface area contributed by atoms with Gasteiger partial charge in [0.05, 0.1) is 11.1 Å². The number of aliphatic hydroxyl groups excluding tert-OH is 1. The summed E-state index contributed by atoms with van der Waals surface area (Å²) in [6, 6.07) is 0. The highest BCUT2D eigenvalue weighted by molar-refractivity contribution is 7.13. The number of carbonyl (C=O) groups excluding carboxylic acids is 1. The minimum atomic E-state index is -0.620. The molecule has 6 heteroatoms. The largest absolute Gasteiger partial charge is 0.391 e. The van der Waals surface area contributed by atoms with Crippen LogP contribution in [0.1, 0.15) is 22.2 Å². The van der Waals surface area contributed by atoms with Crippen LogP contribution in [-0.2, 0) is 4.84 Å². The van der Waals surface area contributed by atoms with E-state index in [1.165, 1.54) is 11.3 Å². The van der Waals surface area contributed by atoms with Gasteiger partial charge in [0.1, 0.15) is 11.5 Å². The zero-order valence-electron chi connectivity index (χ0n) is 8.41. The van der Waals surface area contributed by atoms with Crippen LogP contribution in [0.2, 0.25) is 5.02 Å². The Balaban J connectivity index is 2.51. The topological polar surface area (TPSA) is 58.6 Å². The molecule has 1 heterocycles. The van der Waals surface area contributed by atoms with Crippen molar-refractivity contribution in [2.75, 3.05) is 6.61 Å². The summed E-state index contributed by atoms with van der Waals surface area (Å²) in [5, 5.41) is 11.1. The van der Waals surface area contributed by atoms with Crippen LogP contribution < -0.4 is 5.48 Å². The van der Waals surface area contributed by atoms with Crippen molar-refractivity contribution >= 4 is 28.8 Å². The molecule has 1 aromatic rings. The number of hydrogen-bond acceptors (Lipinski definition) is 4. The number of hydroxylamine groups is 1. The first-order valence-corrected chi connectivity index (χ1v) is 5.62. The molecule has 1 atom stereocenters. The highest BCUT2D eigenvalue weighted by Gasteiger charge is 2.14. The van der Waals surface area contributed by atoms with Gasteiger partial charge in [-0.2, -0.15) is 0 Å². The Morgan fingerprint density at radius 3 is 2.93 bits per heavy atom. The lowest BCUT2D eigenvalue weighted by atomic mass is 10.3. The van der Waals surface area contributed by atoms with Crippen molar-refractivity contribution in [3.05, 3.63) is 20.8 Å². The maximum Gasteiger partial charge on any atom is 0.286 e. The Kier molecular flexibility index (Phi) is 4.53. The molecule has 1 rings (SSSR count). The van der Waals surface area contributed by atoms with E-state index in [2.05, 4.69) is 5.48 Å². The normalized spacial score (nSPS) is 12.5. The van der Waals surface area contributed by atoms with Gasteiger partial charge in [-0.3, -0.25) is 9.63 Å². The monoisotopic (exact) mass is 249 g/mol. The third-order valence-electron chi connectivity index (χ3n) is 1.59. The van der Waals surface area contributed by atoms with Gasteiger partial charge in [0, 0.05) is 0 Å². The molecule has 0 fully saturated rings. The predicted molar refractivity (Wildman–Crippen MR) is 59.2 cm³/mol. The lowest BCUT2D eigenvalue weighted by molar-refractivity contribution is -0.00664. The highest BCUT2D eigenvalue weighted by atomic mass is 35.5. The van der Waals surface area contributed by atoms with Gasteiger partial charge in [0.15, 0.2) is 0 Å². The lowest BCUT2D eigenvalue weighted by Gasteiger charge is -2.06. The molecule has 84 valence electrons. The maximum atomic E-state index is 11.5. The fraction of sp³-hybridized carbons (Fsp3) is 0.444. The van der Waals surface area contributed by atoms with Crippen LogP contribution in [0.15, 0.2) is 5.38 Å². The van der Waals surface area contributed by atoms with Crippen LogP contribution >= 0.6 is 22.9 Å². The van der Waals surface area contributed by atoms with E-state index < -0.39 is 12.0 Å². The van der Waals surface area contributed by atoms with Crippen molar-refractivity contribution in [1.82, 2.24) is 5.48 Å². The van der Waals surface area contributed by atoms with E-state index in [0.29, 0.717) is 9.90 Å². The minimum Gasteiger partial charge on any atom is -0.391 e. The van der Waals surface area contributed by atoms with Crippen LogP contribution in [0.3, 0.4) is 0 Å². The Morgan fingerprint density at radius 2 is 2.47 bits per heavy atom. The first kappa shape index (κ1) is 12.4. The highest BCUT2D eigenvalue weighted by Crippen LogP contribution is 2.26. The van der Waals surface area contributed by atoms with Crippen molar-refractivity contribution < 1.29 is 14.7 Å². The summed E-state index contributed by atoms with van der Waals surface area (Å²) in [6.07, 6.45) is -0.620. The summed E-state index contributed by atoms with van der Waals surface area (Å²) < 4.78 is 0. The molecule has 0 spiro atoms. The Hall–Kier alpha value is -0.620. The standard InChI is InChI=1S/C9H12ClNO3S/c1-5-4-15-8(7(5)10)9(13)11-14-3-6(2)12/h4,6,12H,3H2,1-2H3,(H,11,13)/t6-/m0/s1. The molecule has 0 aliphatic rings. The number of amides is 1. The van der Waals surface area contributed by atoms with E-state index in [9.17, 15) is 4.79 Å². The molecule has 0 aliphatic carbocycles. The van der Waals surface area contributed by atoms with Crippen molar-refractivity contribution in [2.45, 2.75) is 20.0 Å². The quantitative estimate of drug-likeness (QED) is 0.800. The summed E-state index contributed by atoms with van der Waals surface area (Å²) in [5.41, 5.74) is 3.07. The minimum absolute atomic E-state index is 0.0493. The van der Waals surface area contributed by atoms with Gasteiger partial charge in [0.2, 0.25) is 0 Å². The molecule has 0 bridgehead atoms. The number of rotatable bonds is 4. The second kappa shape index (κ2) is 5.46. The SMILES string of the molecule is Cc1csc(C(=O)NOC[C@H](C)O)c1Cl. The first-order chi connectivity index (χ1) is 7.02. The molecule has 0 saturated heterocycles. The molecule has 0 radical (unpaired) electrons. The number of thiophene rings is 1. The molecule has 15 heavy (non-hydrogen) atoms. The number of halogens is 1. The van der Waals surface area contributed by atoms with Crippen molar-refractivity contribution in [2.24, 2.45) is 0 Å². The van der Waals surface area contributed by atoms with Gasteiger partial charge in [-0.25, -0.2) is 5.48 Å². The molecule has 0 saturated carbocycles. The molecular weight excluding hydrogens is 238 g/mol. The van der Waals surface area contributed by atoms with Crippen molar-refractivity contribution in [3.8, 4) is 0 Å². The number of aliphatic hydroxyl groups is 1. The molecule has 4 nitrogen and oxygen atoms in total. The summed E-state index contributed by atoms with van der Waals surface area (Å²) >= 11 is 7.15. The zero-order chi connectivity index (χ0) is 11.4. The van der Waals surface area contributed by atoms with Crippen LogP contribution in [-0.4, -0.2) is 23.7 Å². The van der Waals surface area contributed by atoms with Crippen LogP contribution in [0, 0.1) is 6.92 Å². The number of carbonyl (C=O) groups is 1. The van der Waals surface area contributed by atoms with Crippen LogP contribution in [0.5, 0.6) is 0 Å². The summed E-state index contributed by atoms with van der Waals surface area (Å²) in [6.45, 7) is 3.44. The van der Waals surface area contributed by atoms with Crippen LogP contribution in [0.4, 0.5) is 0 Å². The summed E-state index contributed by atoms with van der Waals surface area (Å²) in [5.74, 6) is -0.390. The molecule has 0 aromatic carbocycles. The lowest BCUT2D eigenvalue weighted by Crippen LogP contribution is -2.26. The average Bonchev–Trinajstić information content (AvgIpc) is 2.47. The van der Waals surface area contributed by atoms with E-state index in [-0.39, 0.29) is 6.61 Å². The van der Waals surface area contributed by atoms with Gasteiger partial charge < -0.3 is 5.11 Å². The maximum absolute atomic E-state index is 11.5. The average molecular weight is 250 g/mol. The molecule has 1 amide bonds. The third-order valence-corrected chi connectivity index (χ3v) is 3.29. The molecule has 2 N–H and O–H groups in total. The fourth-order valence-corrected chi connectivity index (χ4v) is 2.02. The molecule has 1 aromatic heterocycles. The van der Waals surface area contributed by atoms with E-state index in [1.807, 2.05) is 6.92 Å². The van der Waals surface area contributed by atoms with E-state index in [1.54, 1.807) is 12.3 Å². The first-order valence-electron chi connectivity index (χ1n) is 4.36. The molecule has 0 unspecified atom stereocenters. The van der Waals surface area contributed by atoms with Gasteiger partial charge in [-0.05, 0) is 24.8 Å². The number of aryl methyl sites for hydroxylation is 1. The van der Waals surface area contributed by atoms with Gasteiger partial charge in [0.25, 0.3) is 5.91 Å². The van der Waals surface area contributed by atoms with Gasteiger partial charge in [-0.1, -0.05) is 11.6 Å². The molecule has 0 aliphatic heterocycles. The molecular formula is C9H12ClNO3S. The van der Waals surface area contributed by atoms with Crippen LogP contribution in [0.25, 0.3) is 0 Å². The summed E-state index contributed by atoms with van der Waals surface area (Å²) in [4.78, 5) is 16.7. The second-order valence-electron chi connectivity index (χ2n) is 3.15. The van der Waals surface area contributed by atoms with Crippen molar-refractivity contribution in [3.63, 3.8) is 0 Å². The third kappa shape index (κ3) is 3.46.